The summed E-state index contributed by atoms with van der Waals surface area (Å²) in [6.07, 6.45) is 0.274. The van der Waals surface area contributed by atoms with Gasteiger partial charge >= 0.3 is 11.9 Å². The highest BCUT2D eigenvalue weighted by molar-refractivity contribution is 8.01. The Morgan fingerprint density at radius 1 is 1.04 bits per heavy atom. The number of non-ortho nitro benzene ring substituents is 1. The highest BCUT2D eigenvalue weighted by atomic mass is 32.2. The Kier molecular flexibility index (Phi) is 8.93. The van der Waals surface area contributed by atoms with Crippen LogP contribution in [-0.4, -0.2) is 61.8 Å². The molecule has 234 valence electrons. The molecule has 4 atom stereocenters. The SMILES string of the molecule is CC1(C)S[C@H]2N(C(=O)[C@@]2(NC=O)NC(=O)C(C(=O)OCc2ccc([N+](=O)[O-])cc2)c2ccsc2)[C@H]1C(=O)OCc1ccccc1. The first-order chi connectivity index (χ1) is 21.5. The molecule has 45 heavy (non-hydrogen) atoms. The van der Waals surface area contributed by atoms with E-state index in [0.29, 0.717) is 11.1 Å². The van der Waals surface area contributed by atoms with Gasteiger partial charge in [-0.15, -0.1) is 11.8 Å². The molecule has 1 unspecified atom stereocenters. The number of rotatable bonds is 12. The van der Waals surface area contributed by atoms with Crippen LogP contribution in [0.4, 0.5) is 5.69 Å². The first-order valence-electron chi connectivity index (χ1n) is 13.6. The minimum Gasteiger partial charge on any atom is -0.460 e. The average molecular weight is 653 g/mol. The van der Waals surface area contributed by atoms with Gasteiger partial charge in [-0.05, 0) is 59.5 Å². The molecule has 2 aromatic carbocycles. The lowest BCUT2D eigenvalue weighted by atomic mass is 9.90. The standard InChI is InChI=1S/C30H28N4O9S2/c1-29(2)23(26(38)43-14-18-6-4-3-5-7-18)33-27(39)30(31-17-35,28(33)45-29)32-24(36)22(20-12-13-44-16-20)25(37)42-15-19-8-10-21(11-9-19)34(40)41/h3-13,16-17,22-23,28H,14-15H2,1-2H3,(H,31,35)(H,32,36)/t22?,23-,28+,30+/m0/s1. The van der Waals surface area contributed by atoms with Gasteiger partial charge in [-0.2, -0.15) is 11.3 Å². The van der Waals surface area contributed by atoms with E-state index in [4.69, 9.17) is 9.47 Å². The molecular weight excluding hydrogens is 624 g/mol. The second-order valence-electron chi connectivity index (χ2n) is 10.9. The summed E-state index contributed by atoms with van der Waals surface area (Å²) in [5.41, 5.74) is -0.547. The van der Waals surface area contributed by atoms with E-state index in [1.165, 1.54) is 52.3 Å². The Labute approximate surface area is 265 Å². The molecule has 3 heterocycles. The maximum Gasteiger partial charge on any atom is 0.330 e. The van der Waals surface area contributed by atoms with E-state index in [9.17, 15) is 34.1 Å². The smallest absolute Gasteiger partial charge is 0.330 e. The van der Waals surface area contributed by atoms with E-state index in [0.717, 1.165) is 5.56 Å². The largest absolute Gasteiger partial charge is 0.460 e. The predicted molar refractivity (Wildman–Crippen MR) is 162 cm³/mol. The molecule has 0 spiro atoms. The van der Waals surface area contributed by atoms with Crippen molar-refractivity contribution in [2.45, 2.75) is 54.8 Å². The highest BCUT2D eigenvalue weighted by Gasteiger charge is 2.73. The number of nitro benzene ring substituents is 1. The number of β-lactam (4-membered cyclic amide) rings is 1. The molecule has 0 saturated carbocycles. The molecule has 15 heteroatoms. The molecule has 2 aliphatic rings. The fourth-order valence-electron chi connectivity index (χ4n) is 5.28. The topological polar surface area (TPSA) is 174 Å². The second kappa shape index (κ2) is 12.7. The summed E-state index contributed by atoms with van der Waals surface area (Å²) in [7, 11) is 0. The summed E-state index contributed by atoms with van der Waals surface area (Å²) in [6, 6.07) is 15.0. The number of carbonyl (C=O) groups is 5. The maximum absolute atomic E-state index is 13.8. The predicted octanol–water partition coefficient (Wildman–Crippen LogP) is 2.85. The number of nitro groups is 1. The molecular formula is C30H28N4O9S2. The van der Waals surface area contributed by atoms with Crippen LogP contribution in [0.25, 0.3) is 0 Å². The molecule has 0 aliphatic carbocycles. The number of nitrogens with one attached hydrogen (secondary N) is 2. The lowest BCUT2D eigenvalue weighted by Crippen LogP contribution is -2.85. The van der Waals surface area contributed by atoms with Gasteiger partial charge < -0.3 is 25.0 Å². The zero-order valence-corrected chi connectivity index (χ0v) is 25.7. The fraction of sp³-hybridized carbons (Fsp3) is 0.300. The van der Waals surface area contributed by atoms with Crippen molar-refractivity contribution < 1.29 is 38.4 Å². The van der Waals surface area contributed by atoms with E-state index in [-0.39, 0.29) is 25.3 Å². The minimum atomic E-state index is -1.94. The summed E-state index contributed by atoms with van der Waals surface area (Å²) < 4.78 is 10.1. The van der Waals surface area contributed by atoms with Crippen LogP contribution in [0.15, 0.2) is 71.4 Å². The molecule has 2 N–H and O–H groups in total. The molecule has 3 aromatic rings. The Morgan fingerprint density at radius 3 is 2.33 bits per heavy atom. The molecule has 13 nitrogen and oxygen atoms in total. The van der Waals surface area contributed by atoms with E-state index >= 15 is 0 Å². The number of ether oxygens (including phenoxy) is 2. The van der Waals surface area contributed by atoms with E-state index in [1.54, 1.807) is 42.8 Å². The van der Waals surface area contributed by atoms with Crippen LogP contribution in [0.5, 0.6) is 0 Å². The van der Waals surface area contributed by atoms with Gasteiger partial charge in [0.1, 0.15) is 24.6 Å². The van der Waals surface area contributed by atoms with Gasteiger partial charge in [-0.25, -0.2) is 4.79 Å². The molecule has 3 amide bonds. The molecule has 2 aliphatic heterocycles. The van der Waals surface area contributed by atoms with Crippen molar-refractivity contribution in [2.75, 3.05) is 0 Å². The third-order valence-electron chi connectivity index (χ3n) is 7.50. The lowest BCUT2D eigenvalue weighted by Gasteiger charge is -2.52. The van der Waals surface area contributed by atoms with Crippen LogP contribution in [0.2, 0.25) is 0 Å². The molecule has 0 radical (unpaired) electrons. The van der Waals surface area contributed by atoms with Crippen molar-refractivity contribution in [3.8, 4) is 0 Å². The lowest BCUT2D eigenvalue weighted by molar-refractivity contribution is -0.384. The van der Waals surface area contributed by atoms with Gasteiger partial charge in [0.15, 0.2) is 5.92 Å². The monoisotopic (exact) mass is 652 g/mol. The first-order valence-corrected chi connectivity index (χ1v) is 15.5. The number of esters is 2. The number of nitrogens with zero attached hydrogens (tertiary/aromatic N) is 2. The minimum absolute atomic E-state index is 0.00237. The quantitative estimate of drug-likeness (QED) is 0.0563. The first kappa shape index (κ1) is 31.7. The van der Waals surface area contributed by atoms with Crippen LogP contribution in [0.3, 0.4) is 0 Å². The van der Waals surface area contributed by atoms with E-state index in [1.807, 2.05) is 18.2 Å². The van der Waals surface area contributed by atoms with Gasteiger partial charge in [0, 0.05) is 16.9 Å². The number of amides is 3. The van der Waals surface area contributed by atoms with Crippen LogP contribution in [0.1, 0.15) is 36.5 Å². The molecule has 2 fully saturated rings. The van der Waals surface area contributed by atoms with Crippen LogP contribution in [-0.2, 0) is 46.7 Å². The molecule has 0 bridgehead atoms. The third-order valence-corrected chi connectivity index (χ3v) is 9.84. The summed E-state index contributed by atoms with van der Waals surface area (Å²) in [6.45, 7) is 3.25. The van der Waals surface area contributed by atoms with Crippen molar-refractivity contribution >= 4 is 58.9 Å². The van der Waals surface area contributed by atoms with Gasteiger partial charge in [-0.1, -0.05) is 30.3 Å². The number of carbonyl (C=O) groups excluding carboxylic acids is 5. The highest BCUT2D eigenvalue weighted by Crippen LogP contribution is 2.54. The molecule has 1 aromatic heterocycles. The third kappa shape index (κ3) is 6.13. The molecule has 2 saturated heterocycles. The van der Waals surface area contributed by atoms with Crippen molar-refractivity contribution in [3.63, 3.8) is 0 Å². The van der Waals surface area contributed by atoms with Gasteiger partial charge in [0.25, 0.3) is 11.6 Å². The van der Waals surface area contributed by atoms with Crippen molar-refractivity contribution in [1.82, 2.24) is 15.5 Å². The normalized spacial score (nSPS) is 21.9. The van der Waals surface area contributed by atoms with Crippen LogP contribution >= 0.6 is 23.1 Å². The average Bonchev–Trinajstić information content (AvgIpc) is 3.64. The second-order valence-corrected chi connectivity index (χ2v) is 13.4. The van der Waals surface area contributed by atoms with Crippen molar-refractivity contribution in [3.05, 3.63) is 98.2 Å². The zero-order chi connectivity index (χ0) is 32.4. The number of hydrogen-bond donors (Lipinski definition) is 2. The summed E-state index contributed by atoms with van der Waals surface area (Å²) in [5.74, 6) is -4.72. The van der Waals surface area contributed by atoms with Gasteiger partial charge in [0.05, 0.1) is 4.92 Å². The van der Waals surface area contributed by atoms with E-state index in [2.05, 4.69) is 10.6 Å². The Hall–Kier alpha value is -4.76. The van der Waals surface area contributed by atoms with Gasteiger partial charge in [-0.3, -0.25) is 29.3 Å². The Bertz CT molecular complexity index is 1620. The van der Waals surface area contributed by atoms with E-state index < -0.39 is 56.4 Å². The number of fused-ring (bicyclic) bond motifs is 1. The maximum atomic E-state index is 13.8. The Morgan fingerprint density at radius 2 is 1.71 bits per heavy atom. The fourth-order valence-corrected chi connectivity index (χ4v) is 7.61. The number of benzene rings is 2. The van der Waals surface area contributed by atoms with Crippen LogP contribution in [0, 0.1) is 10.1 Å². The van der Waals surface area contributed by atoms with Crippen LogP contribution < -0.4 is 10.6 Å². The summed E-state index contributed by atoms with van der Waals surface area (Å²) in [5, 5.41) is 18.3. The number of thioether (sulfide) groups is 1. The van der Waals surface area contributed by atoms with Gasteiger partial charge in [0.2, 0.25) is 18.0 Å². The Balaban J connectivity index is 1.33. The number of thiophene rings is 1. The summed E-state index contributed by atoms with van der Waals surface area (Å²) >= 11 is 2.44. The number of hydrogen-bond acceptors (Lipinski definition) is 11. The van der Waals surface area contributed by atoms with Crippen molar-refractivity contribution in [2.24, 2.45) is 0 Å². The van der Waals surface area contributed by atoms with Crippen molar-refractivity contribution in [1.29, 1.82) is 0 Å². The molecule has 5 rings (SSSR count). The summed E-state index contributed by atoms with van der Waals surface area (Å²) in [4.78, 5) is 77.4. The zero-order valence-electron chi connectivity index (χ0n) is 24.0.